The van der Waals surface area contributed by atoms with Crippen molar-refractivity contribution < 1.29 is 5.11 Å². The molecule has 0 rings (SSSR count). The third-order valence-electron chi connectivity index (χ3n) is 1.80. The van der Waals surface area contributed by atoms with Gasteiger partial charge in [-0.1, -0.05) is 26.0 Å². The van der Waals surface area contributed by atoms with Gasteiger partial charge in [0.25, 0.3) is 0 Å². The van der Waals surface area contributed by atoms with E-state index in [0.29, 0.717) is 12.5 Å². The van der Waals surface area contributed by atoms with E-state index >= 15 is 0 Å². The molecule has 0 aliphatic carbocycles. The van der Waals surface area contributed by atoms with Gasteiger partial charge in [-0.15, -0.1) is 0 Å². The van der Waals surface area contributed by atoms with Crippen molar-refractivity contribution in [2.24, 2.45) is 5.92 Å². The van der Waals surface area contributed by atoms with E-state index in [-0.39, 0.29) is 0 Å². The van der Waals surface area contributed by atoms with E-state index in [1.165, 1.54) is 5.57 Å². The van der Waals surface area contributed by atoms with Crippen LogP contribution in [-0.2, 0) is 0 Å². The quantitative estimate of drug-likeness (QED) is 0.584. The monoisotopic (exact) mass is 142 g/mol. The van der Waals surface area contributed by atoms with Crippen molar-refractivity contribution >= 4 is 0 Å². The Kier molecular flexibility index (Phi) is 5.32. The molecular formula is C9H18O. The van der Waals surface area contributed by atoms with Crippen molar-refractivity contribution in [3.8, 4) is 0 Å². The SMILES string of the molecule is C=C(CC)CC[C@@H](C)CO. The summed E-state index contributed by atoms with van der Waals surface area (Å²) >= 11 is 0. The number of allylic oxidation sites excluding steroid dienone is 1. The van der Waals surface area contributed by atoms with Crippen molar-refractivity contribution in [3.05, 3.63) is 12.2 Å². The Balaban J connectivity index is 3.26. The van der Waals surface area contributed by atoms with Gasteiger partial charge in [0.2, 0.25) is 0 Å². The molecule has 0 aromatic heterocycles. The van der Waals surface area contributed by atoms with Gasteiger partial charge in [0.15, 0.2) is 0 Å². The van der Waals surface area contributed by atoms with Crippen LogP contribution in [0.15, 0.2) is 12.2 Å². The normalized spacial score (nSPS) is 13.1. The van der Waals surface area contributed by atoms with E-state index in [4.69, 9.17) is 5.11 Å². The lowest BCUT2D eigenvalue weighted by Gasteiger charge is -2.07. The predicted molar refractivity (Wildman–Crippen MR) is 44.9 cm³/mol. The van der Waals surface area contributed by atoms with Gasteiger partial charge in [-0.05, 0) is 25.2 Å². The second kappa shape index (κ2) is 5.48. The zero-order valence-corrected chi connectivity index (χ0v) is 7.06. The van der Waals surface area contributed by atoms with Gasteiger partial charge < -0.3 is 5.11 Å². The van der Waals surface area contributed by atoms with E-state index in [1.807, 2.05) is 0 Å². The van der Waals surface area contributed by atoms with Crippen LogP contribution in [0.3, 0.4) is 0 Å². The zero-order valence-electron chi connectivity index (χ0n) is 7.06. The maximum atomic E-state index is 8.69. The van der Waals surface area contributed by atoms with Crippen LogP contribution in [0.2, 0.25) is 0 Å². The Bertz CT molecular complexity index is 96.9. The van der Waals surface area contributed by atoms with E-state index in [9.17, 15) is 0 Å². The van der Waals surface area contributed by atoms with Gasteiger partial charge in [0.05, 0.1) is 0 Å². The summed E-state index contributed by atoms with van der Waals surface area (Å²) in [5, 5.41) is 8.69. The fourth-order valence-electron chi connectivity index (χ4n) is 0.719. The highest BCUT2D eigenvalue weighted by Gasteiger charge is 1.99. The first kappa shape index (κ1) is 9.70. The topological polar surface area (TPSA) is 20.2 Å². The Morgan fingerprint density at radius 1 is 1.60 bits per heavy atom. The number of aliphatic hydroxyl groups excluding tert-OH is 1. The predicted octanol–water partition coefficient (Wildman–Crippen LogP) is 2.36. The van der Waals surface area contributed by atoms with Gasteiger partial charge in [-0.2, -0.15) is 0 Å². The van der Waals surface area contributed by atoms with E-state index in [1.54, 1.807) is 0 Å². The molecule has 0 amide bonds. The minimum Gasteiger partial charge on any atom is -0.396 e. The Labute approximate surface area is 63.8 Å². The first-order valence-electron chi connectivity index (χ1n) is 3.98. The van der Waals surface area contributed by atoms with Crippen molar-refractivity contribution in [2.45, 2.75) is 33.1 Å². The van der Waals surface area contributed by atoms with E-state index < -0.39 is 0 Å². The van der Waals surface area contributed by atoms with Crippen LogP contribution in [0.4, 0.5) is 0 Å². The molecule has 1 heteroatoms. The van der Waals surface area contributed by atoms with Gasteiger partial charge in [-0.3, -0.25) is 0 Å². The van der Waals surface area contributed by atoms with Crippen LogP contribution in [0, 0.1) is 5.92 Å². The van der Waals surface area contributed by atoms with Crippen molar-refractivity contribution in [1.29, 1.82) is 0 Å². The molecule has 0 saturated carbocycles. The highest BCUT2D eigenvalue weighted by molar-refractivity contribution is 4.92. The molecule has 0 aromatic carbocycles. The molecule has 0 spiro atoms. The standard InChI is InChI=1S/C9H18O/c1-4-8(2)5-6-9(3)7-10/h9-10H,2,4-7H2,1,3H3/t9-/m1/s1. The smallest absolute Gasteiger partial charge is 0.0456 e. The molecule has 0 saturated heterocycles. The summed E-state index contributed by atoms with van der Waals surface area (Å²) in [4.78, 5) is 0. The molecular weight excluding hydrogens is 124 g/mol. The second-order valence-corrected chi connectivity index (χ2v) is 2.93. The van der Waals surface area contributed by atoms with E-state index in [2.05, 4.69) is 20.4 Å². The summed E-state index contributed by atoms with van der Waals surface area (Å²) in [6, 6.07) is 0. The molecule has 1 nitrogen and oxygen atoms in total. The fraction of sp³-hybridized carbons (Fsp3) is 0.778. The van der Waals surface area contributed by atoms with Crippen molar-refractivity contribution in [1.82, 2.24) is 0 Å². The second-order valence-electron chi connectivity index (χ2n) is 2.93. The average molecular weight is 142 g/mol. The molecule has 0 aliphatic rings. The van der Waals surface area contributed by atoms with Crippen molar-refractivity contribution in [3.63, 3.8) is 0 Å². The molecule has 0 unspecified atom stereocenters. The molecule has 60 valence electrons. The summed E-state index contributed by atoms with van der Waals surface area (Å²) in [5.74, 6) is 0.434. The van der Waals surface area contributed by atoms with Crippen LogP contribution in [-0.4, -0.2) is 11.7 Å². The third kappa shape index (κ3) is 4.57. The molecule has 0 fully saturated rings. The summed E-state index contributed by atoms with van der Waals surface area (Å²) in [5.41, 5.74) is 1.29. The zero-order chi connectivity index (χ0) is 7.98. The molecule has 10 heavy (non-hydrogen) atoms. The Morgan fingerprint density at radius 2 is 2.20 bits per heavy atom. The maximum Gasteiger partial charge on any atom is 0.0456 e. The van der Waals surface area contributed by atoms with Crippen molar-refractivity contribution in [2.75, 3.05) is 6.61 Å². The first-order valence-corrected chi connectivity index (χ1v) is 3.98. The Hall–Kier alpha value is -0.300. The van der Waals surface area contributed by atoms with Crippen LogP contribution in [0.25, 0.3) is 0 Å². The molecule has 0 radical (unpaired) electrons. The minimum absolute atomic E-state index is 0.303. The maximum absolute atomic E-state index is 8.69. The number of rotatable bonds is 5. The summed E-state index contributed by atoms with van der Waals surface area (Å²) in [6.07, 6.45) is 3.21. The van der Waals surface area contributed by atoms with Crippen LogP contribution >= 0.6 is 0 Å². The van der Waals surface area contributed by atoms with Crippen LogP contribution in [0.5, 0.6) is 0 Å². The fourth-order valence-corrected chi connectivity index (χ4v) is 0.719. The highest BCUT2D eigenvalue weighted by Crippen LogP contribution is 2.11. The third-order valence-corrected chi connectivity index (χ3v) is 1.80. The summed E-state index contributed by atoms with van der Waals surface area (Å²) in [6.45, 7) is 8.38. The van der Waals surface area contributed by atoms with Crippen LogP contribution in [0.1, 0.15) is 33.1 Å². The molecule has 1 N–H and O–H groups in total. The lowest BCUT2D eigenvalue weighted by molar-refractivity contribution is 0.230. The number of aliphatic hydroxyl groups is 1. The van der Waals surface area contributed by atoms with E-state index in [0.717, 1.165) is 19.3 Å². The lowest BCUT2D eigenvalue weighted by Crippen LogP contribution is -2.00. The lowest BCUT2D eigenvalue weighted by atomic mass is 10.0. The Morgan fingerprint density at radius 3 is 2.60 bits per heavy atom. The first-order chi connectivity index (χ1) is 4.70. The summed E-state index contributed by atoms with van der Waals surface area (Å²) < 4.78 is 0. The number of hydrogen-bond acceptors (Lipinski definition) is 1. The molecule has 1 atom stereocenters. The van der Waals surface area contributed by atoms with Gasteiger partial charge in [0.1, 0.15) is 0 Å². The molecule has 0 aliphatic heterocycles. The van der Waals surface area contributed by atoms with Gasteiger partial charge >= 0.3 is 0 Å². The largest absolute Gasteiger partial charge is 0.396 e. The average Bonchev–Trinajstić information content (AvgIpc) is 1.99. The molecule has 0 aromatic rings. The number of hydrogen-bond donors (Lipinski definition) is 1. The molecule has 0 bridgehead atoms. The molecule has 0 heterocycles. The summed E-state index contributed by atoms with van der Waals surface area (Å²) in [7, 11) is 0. The minimum atomic E-state index is 0.303. The van der Waals surface area contributed by atoms with Crippen LogP contribution < -0.4 is 0 Å². The highest BCUT2D eigenvalue weighted by atomic mass is 16.3. The van der Waals surface area contributed by atoms with Gasteiger partial charge in [-0.25, -0.2) is 0 Å². The van der Waals surface area contributed by atoms with Gasteiger partial charge in [0, 0.05) is 6.61 Å².